The summed E-state index contributed by atoms with van der Waals surface area (Å²) in [6, 6.07) is 18.4. The number of hydrogen-bond donors (Lipinski definition) is 1. The summed E-state index contributed by atoms with van der Waals surface area (Å²) in [5, 5.41) is 2.96. The van der Waals surface area contributed by atoms with Gasteiger partial charge in [-0.15, -0.1) is 0 Å². The van der Waals surface area contributed by atoms with Crippen LogP contribution in [-0.4, -0.2) is 59.0 Å². The molecule has 11 heteroatoms. The van der Waals surface area contributed by atoms with Gasteiger partial charge in [-0.3, -0.25) is 13.9 Å². The first-order valence-electron chi connectivity index (χ1n) is 11.7. The zero-order chi connectivity index (χ0) is 27.9. The number of anilines is 1. The quantitative estimate of drug-likeness (QED) is 0.384. The Morgan fingerprint density at radius 1 is 0.947 bits per heavy atom. The summed E-state index contributed by atoms with van der Waals surface area (Å²) in [7, 11) is 0.162. The zero-order valence-corrected chi connectivity index (χ0v) is 23.1. The SMILES string of the molecule is CNC(=O)C(C)N(Cc1ccccc1Cl)C(=O)CN(c1ccc(OC)c(OC)c1)S(=O)(=O)c1ccccc1. The molecule has 0 saturated carbocycles. The van der Waals surface area contributed by atoms with E-state index in [9.17, 15) is 18.0 Å². The van der Waals surface area contributed by atoms with E-state index in [1.165, 1.54) is 50.4 Å². The lowest BCUT2D eigenvalue weighted by Gasteiger charge is -2.32. The van der Waals surface area contributed by atoms with Gasteiger partial charge in [0, 0.05) is 24.7 Å². The average Bonchev–Trinajstić information content (AvgIpc) is 2.94. The lowest BCUT2D eigenvalue weighted by molar-refractivity contribution is -0.139. The van der Waals surface area contributed by atoms with Crippen molar-refractivity contribution >= 4 is 39.1 Å². The standard InChI is InChI=1S/C27H30ClN3O6S/c1-19(27(33)29-2)30(17-20-10-8-9-13-23(20)28)26(32)18-31(38(34,35)22-11-6-5-7-12-22)21-14-15-24(36-3)25(16-21)37-4/h5-16,19H,17-18H2,1-4H3,(H,29,33). The van der Waals surface area contributed by atoms with Gasteiger partial charge in [0.2, 0.25) is 11.8 Å². The van der Waals surface area contributed by atoms with Crippen molar-refractivity contribution < 1.29 is 27.5 Å². The van der Waals surface area contributed by atoms with Crippen LogP contribution in [0.1, 0.15) is 12.5 Å². The molecule has 0 aliphatic rings. The summed E-state index contributed by atoms with van der Waals surface area (Å²) in [5.41, 5.74) is 0.798. The van der Waals surface area contributed by atoms with Crippen molar-refractivity contribution in [2.75, 3.05) is 32.1 Å². The lowest BCUT2D eigenvalue weighted by Crippen LogP contribution is -2.50. The molecule has 0 aliphatic heterocycles. The molecule has 3 rings (SSSR count). The molecule has 2 amide bonds. The van der Waals surface area contributed by atoms with Gasteiger partial charge in [-0.05, 0) is 42.8 Å². The Labute approximate surface area is 228 Å². The molecule has 1 unspecified atom stereocenters. The van der Waals surface area contributed by atoms with Crippen molar-refractivity contribution in [2.24, 2.45) is 0 Å². The molecule has 202 valence electrons. The number of sulfonamides is 1. The zero-order valence-electron chi connectivity index (χ0n) is 21.5. The minimum Gasteiger partial charge on any atom is -0.493 e. The van der Waals surface area contributed by atoms with E-state index in [0.717, 1.165) is 4.31 Å². The highest BCUT2D eigenvalue weighted by Crippen LogP contribution is 2.34. The van der Waals surface area contributed by atoms with Crippen molar-refractivity contribution in [2.45, 2.75) is 24.4 Å². The second-order valence-electron chi connectivity index (χ2n) is 8.27. The maximum absolute atomic E-state index is 13.8. The van der Waals surface area contributed by atoms with Crippen molar-refractivity contribution in [1.82, 2.24) is 10.2 Å². The molecule has 0 aliphatic carbocycles. The number of nitrogens with one attached hydrogen (secondary N) is 1. The molecule has 3 aromatic rings. The Kier molecular flexibility index (Phi) is 9.60. The number of carbonyl (C=O) groups is 2. The number of halogens is 1. The number of rotatable bonds is 11. The first-order chi connectivity index (χ1) is 18.1. The van der Waals surface area contributed by atoms with Gasteiger partial charge in [0.1, 0.15) is 12.6 Å². The number of nitrogens with zero attached hydrogens (tertiary/aromatic N) is 2. The molecular weight excluding hydrogens is 530 g/mol. The Morgan fingerprint density at radius 3 is 2.18 bits per heavy atom. The summed E-state index contributed by atoms with van der Waals surface area (Å²) in [6.07, 6.45) is 0. The Morgan fingerprint density at radius 2 is 1.58 bits per heavy atom. The largest absolute Gasteiger partial charge is 0.493 e. The monoisotopic (exact) mass is 559 g/mol. The van der Waals surface area contributed by atoms with Crippen LogP contribution < -0.4 is 19.1 Å². The molecule has 0 fully saturated rings. The molecular formula is C27H30ClN3O6S. The number of likely N-dealkylation sites (N-methyl/N-ethyl adjacent to an activating group) is 1. The number of benzene rings is 3. The van der Waals surface area contributed by atoms with Crippen LogP contribution in [0.5, 0.6) is 11.5 Å². The highest BCUT2D eigenvalue weighted by Gasteiger charge is 2.33. The first kappa shape index (κ1) is 28.8. The van der Waals surface area contributed by atoms with Gasteiger partial charge in [-0.25, -0.2) is 8.42 Å². The number of methoxy groups -OCH3 is 2. The lowest BCUT2D eigenvalue weighted by atomic mass is 10.1. The molecule has 0 radical (unpaired) electrons. The molecule has 0 bridgehead atoms. The topological polar surface area (TPSA) is 105 Å². The molecule has 0 saturated heterocycles. The molecule has 3 aromatic carbocycles. The summed E-state index contributed by atoms with van der Waals surface area (Å²) in [5.74, 6) is -0.324. The molecule has 0 heterocycles. The Balaban J connectivity index is 2.09. The van der Waals surface area contributed by atoms with E-state index >= 15 is 0 Å². The van der Waals surface area contributed by atoms with Crippen LogP contribution in [0.2, 0.25) is 5.02 Å². The van der Waals surface area contributed by atoms with E-state index < -0.39 is 34.4 Å². The van der Waals surface area contributed by atoms with E-state index in [1.807, 2.05) is 0 Å². The van der Waals surface area contributed by atoms with Crippen LogP contribution in [-0.2, 0) is 26.2 Å². The third kappa shape index (κ3) is 6.38. The predicted octanol–water partition coefficient (Wildman–Crippen LogP) is 3.72. The average molecular weight is 560 g/mol. The predicted molar refractivity (Wildman–Crippen MR) is 146 cm³/mol. The maximum atomic E-state index is 13.8. The van der Waals surface area contributed by atoms with Crippen LogP contribution >= 0.6 is 11.6 Å². The third-order valence-electron chi connectivity index (χ3n) is 5.98. The summed E-state index contributed by atoms with van der Waals surface area (Å²) in [4.78, 5) is 27.7. The van der Waals surface area contributed by atoms with Gasteiger partial charge in [-0.1, -0.05) is 48.0 Å². The van der Waals surface area contributed by atoms with Crippen LogP contribution in [0.15, 0.2) is 77.7 Å². The first-order valence-corrected chi connectivity index (χ1v) is 13.5. The number of ether oxygens (including phenoxy) is 2. The smallest absolute Gasteiger partial charge is 0.264 e. The van der Waals surface area contributed by atoms with E-state index in [4.69, 9.17) is 21.1 Å². The summed E-state index contributed by atoms with van der Waals surface area (Å²) in [6.45, 7) is 0.983. The molecule has 1 atom stereocenters. The van der Waals surface area contributed by atoms with Crippen LogP contribution in [0.3, 0.4) is 0 Å². The number of amides is 2. The van der Waals surface area contributed by atoms with Crippen molar-refractivity contribution in [3.63, 3.8) is 0 Å². The van der Waals surface area contributed by atoms with Crippen LogP contribution in [0.25, 0.3) is 0 Å². The van der Waals surface area contributed by atoms with Gasteiger partial charge in [-0.2, -0.15) is 0 Å². The van der Waals surface area contributed by atoms with Gasteiger partial charge in [0.25, 0.3) is 10.0 Å². The van der Waals surface area contributed by atoms with Crippen LogP contribution in [0.4, 0.5) is 5.69 Å². The fourth-order valence-corrected chi connectivity index (χ4v) is 5.45. The Bertz CT molecular complexity index is 1380. The van der Waals surface area contributed by atoms with Crippen LogP contribution in [0, 0.1) is 0 Å². The van der Waals surface area contributed by atoms with E-state index in [0.29, 0.717) is 16.3 Å². The van der Waals surface area contributed by atoms with Gasteiger partial charge in [0.15, 0.2) is 11.5 Å². The van der Waals surface area contributed by atoms with E-state index in [2.05, 4.69) is 5.32 Å². The second-order valence-corrected chi connectivity index (χ2v) is 10.5. The van der Waals surface area contributed by atoms with E-state index in [1.54, 1.807) is 55.5 Å². The molecule has 38 heavy (non-hydrogen) atoms. The molecule has 9 nitrogen and oxygen atoms in total. The maximum Gasteiger partial charge on any atom is 0.264 e. The van der Waals surface area contributed by atoms with Gasteiger partial charge < -0.3 is 19.7 Å². The van der Waals surface area contributed by atoms with Crippen molar-refractivity contribution in [3.05, 3.63) is 83.4 Å². The molecule has 0 spiro atoms. The molecule has 1 N–H and O–H groups in total. The minimum atomic E-state index is -4.20. The van der Waals surface area contributed by atoms with E-state index in [-0.39, 0.29) is 22.9 Å². The minimum absolute atomic E-state index is 0.000381. The van der Waals surface area contributed by atoms with Gasteiger partial charge in [0.05, 0.1) is 24.8 Å². The highest BCUT2D eigenvalue weighted by molar-refractivity contribution is 7.92. The second kappa shape index (κ2) is 12.7. The number of hydrogen-bond acceptors (Lipinski definition) is 6. The fourth-order valence-electron chi connectivity index (χ4n) is 3.83. The summed E-state index contributed by atoms with van der Waals surface area (Å²) >= 11 is 6.34. The third-order valence-corrected chi connectivity index (χ3v) is 8.13. The number of carbonyl (C=O) groups excluding carboxylic acids is 2. The Hall–Kier alpha value is -3.76. The normalized spacial score (nSPS) is 11.8. The van der Waals surface area contributed by atoms with Crippen molar-refractivity contribution in [3.8, 4) is 11.5 Å². The fraction of sp³-hybridized carbons (Fsp3) is 0.259. The van der Waals surface area contributed by atoms with Gasteiger partial charge >= 0.3 is 0 Å². The van der Waals surface area contributed by atoms with Crippen molar-refractivity contribution in [1.29, 1.82) is 0 Å². The summed E-state index contributed by atoms with van der Waals surface area (Å²) < 4.78 is 39.2. The molecule has 0 aromatic heterocycles. The highest BCUT2D eigenvalue weighted by atomic mass is 35.5.